The van der Waals surface area contributed by atoms with E-state index in [1.165, 1.54) is 19.2 Å². The first-order valence-corrected chi connectivity index (χ1v) is 13.0. The Morgan fingerprint density at radius 3 is 2.69 bits per heavy atom. The van der Waals surface area contributed by atoms with Gasteiger partial charge in [-0.15, -0.1) is 0 Å². The molecule has 0 aromatic heterocycles. The van der Waals surface area contributed by atoms with Crippen LogP contribution in [-0.4, -0.2) is 36.7 Å². The lowest BCUT2D eigenvalue weighted by Gasteiger charge is -2.40. The van der Waals surface area contributed by atoms with Gasteiger partial charge in [0.25, 0.3) is 0 Å². The van der Waals surface area contributed by atoms with Crippen molar-refractivity contribution in [3.05, 3.63) is 58.7 Å². The molecule has 0 bridgehead atoms. The monoisotopic (exact) mass is 475 g/mol. The molecule has 0 radical (unpaired) electrons. The van der Waals surface area contributed by atoms with Crippen LogP contribution in [0.4, 0.5) is 8.78 Å². The number of fused-ring (bicyclic) bond motifs is 1. The lowest BCUT2D eigenvalue weighted by molar-refractivity contribution is 0.265. The molecule has 2 aromatic rings. The number of nitriles is 1. The first-order valence-electron chi connectivity index (χ1n) is 10.8. The third-order valence-electron chi connectivity index (χ3n) is 6.60. The highest BCUT2D eigenvalue weighted by Gasteiger charge is 2.42. The predicted molar refractivity (Wildman–Crippen MR) is 127 cm³/mol. The summed E-state index contributed by atoms with van der Waals surface area (Å²) in [5.74, 6) is 2.96. The van der Waals surface area contributed by atoms with Crippen molar-refractivity contribution in [1.29, 1.82) is 5.26 Å². The molecule has 3 nitrogen and oxygen atoms in total. The topological polar surface area (TPSA) is 42.2 Å². The van der Waals surface area contributed by atoms with Crippen molar-refractivity contribution in [2.75, 3.05) is 31.5 Å². The Bertz CT molecular complexity index is 1000. The van der Waals surface area contributed by atoms with Crippen LogP contribution in [0.25, 0.3) is 0 Å². The molecule has 7 heteroatoms. The highest BCUT2D eigenvalue weighted by Crippen LogP contribution is 2.50. The second-order valence-electron chi connectivity index (χ2n) is 8.28. The summed E-state index contributed by atoms with van der Waals surface area (Å²) in [6, 6.07) is 10.5. The zero-order valence-electron chi connectivity index (χ0n) is 18.3. The minimum Gasteiger partial charge on any atom is -0.493 e. The van der Waals surface area contributed by atoms with Crippen LogP contribution in [0.2, 0.25) is 0 Å². The number of hydrogen-bond acceptors (Lipinski definition) is 5. The van der Waals surface area contributed by atoms with Crippen molar-refractivity contribution in [2.45, 2.75) is 30.4 Å². The minimum atomic E-state index is -0.579. The molecule has 32 heavy (non-hydrogen) atoms. The molecular formula is C25H27F2NO2S2. The van der Waals surface area contributed by atoms with Crippen molar-refractivity contribution in [2.24, 2.45) is 11.8 Å². The Morgan fingerprint density at radius 2 is 2.03 bits per heavy atom. The average molecular weight is 476 g/mol. The van der Waals surface area contributed by atoms with E-state index in [4.69, 9.17) is 9.47 Å². The van der Waals surface area contributed by atoms with E-state index in [1.54, 1.807) is 19.2 Å². The highest BCUT2D eigenvalue weighted by molar-refractivity contribution is 8.06. The standard InChI is InChI=1S/C25H27F2NO2S2/c1-29-22-12-21(27)24-18(25(22)30-2)7-6-17(20(24)13-28)19(23-14-31-8-9-32-23)11-15-4-3-5-16(26)10-15/h3-5,10,12,17,19-20,23H,6-9,11,14H2,1-2H3. The smallest absolute Gasteiger partial charge is 0.164 e. The number of methoxy groups -OCH3 is 2. The molecule has 170 valence electrons. The second-order valence-corrected chi connectivity index (χ2v) is 10.8. The van der Waals surface area contributed by atoms with Crippen LogP contribution in [0, 0.1) is 34.8 Å². The fourth-order valence-electron chi connectivity index (χ4n) is 5.19. The van der Waals surface area contributed by atoms with Crippen molar-refractivity contribution in [3.63, 3.8) is 0 Å². The number of ether oxygens (including phenoxy) is 2. The van der Waals surface area contributed by atoms with E-state index in [1.807, 2.05) is 29.6 Å². The van der Waals surface area contributed by atoms with Gasteiger partial charge in [0.15, 0.2) is 11.5 Å². The Labute approximate surface area is 196 Å². The molecule has 0 saturated carbocycles. The number of nitrogens with zero attached hydrogens (tertiary/aromatic N) is 1. The Kier molecular flexibility index (Phi) is 7.52. The van der Waals surface area contributed by atoms with Gasteiger partial charge in [0, 0.05) is 39.7 Å². The highest BCUT2D eigenvalue weighted by atomic mass is 32.2. The van der Waals surface area contributed by atoms with Gasteiger partial charge in [-0.3, -0.25) is 0 Å². The third-order valence-corrected chi connectivity index (χ3v) is 9.54. The van der Waals surface area contributed by atoms with Gasteiger partial charge in [-0.05, 0) is 48.8 Å². The van der Waals surface area contributed by atoms with E-state index in [0.717, 1.165) is 34.8 Å². The number of thioether (sulfide) groups is 2. The Hall–Kier alpha value is -1.91. The molecule has 0 spiro atoms. The fourth-order valence-corrected chi connectivity index (χ4v) is 8.22. The normalized spacial score (nSPS) is 23.7. The molecule has 1 aliphatic carbocycles. The van der Waals surface area contributed by atoms with Gasteiger partial charge in [0.1, 0.15) is 11.6 Å². The largest absolute Gasteiger partial charge is 0.493 e. The van der Waals surface area contributed by atoms with Crippen LogP contribution >= 0.6 is 23.5 Å². The van der Waals surface area contributed by atoms with Crippen molar-refractivity contribution in [1.82, 2.24) is 0 Å². The number of hydrogen-bond donors (Lipinski definition) is 0. The maximum absolute atomic E-state index is 15.3. The first kappa shape index (κ1) is 23.3. The average Bonchev–Trinajstić information content (AvgIpc) is 2.82. The van der Waals surface area contributed by atoms with Crippen LogP contribution in [0.1, 0.15) is 29.0 Å². The van der Waals surface area contributed by atoms with E-state index < -0.39 is 11.7 Å². The van der Waals surface area contributed by atoms with Gasteiger partial charge >= 0.3 is 0 Å². The summed E-state index contributed by atoms with van der Waals surface area (Å²) in [5.41, 5.74) is 2.11. The molecule has 0 amide bonds. The molecule has 1 fully saturated rings. The Morgan fingerprint density at radius 1 is 1.19 bits per heavy atom. The van der Waals surface area contributed by atoms with Gasteiger partial charge in [-0.2, -0.15) is 28.8 Å². The van der Waals surface area contributed by atoms with E-state index in [-0.39, 0.29) is 17.7 Å². The summed E-state index contributed by atoms with van der Waals surface area (Å²) >= 11 is 3.87. The second kappa shape index (κ2) is 10.4. The van der Waals surface area contributed by atoms with Crippen LogP contribution in [0.3, 0.4) is 0 Å². The summed E-state index contributed by atoms with van der Waals surface area (Å²) in [5, 5.41) is 10.6. The predicted octanol–water partition coefficient (Wildman–Crippen LogP) is 5.86. The van der Waals surface area contributed by atoms with Crippen LogP contribution in [-0.2, 0) is 12.8 Å². The van der Waals surface area contributed by atoms with Gasteiger partial charge < -0.3 is 9.47 Å². The molecule has 1 heterocycles. The molecule has 0 N–H and O–H groups in total. The lowest BCUT2D eigenvalue weighted by atomic mass is 9.67. The number of halogens is 2. The zero-order valence-corrected chi connectivity index (χ0v) is 19.9. The van der Waals surface area contributed by atoms with Gasteiger partial charge in [0.05, 0.1) is 26.2 Å². The van der Waals surface area contributed by atoms with Gasteiger partial charge in [-0.25, -0.2) is 8.78 Å². The minimum absolute atomic E-state index is 0.0143. The molecule has 1 aliphatic heterocycles. The van der Waals surface area contributed by atoms with Crippen molar-refractivity contribution >= 4 is 23.5 Å². The molecule has 2 aliphatic rings. The summed E-state index contributed by atoms with van der Waals surface area (Å²) in [4.78, 5) is 0. The van der Waals surface area contributed by atoms with E-state index in [9.17, 15) is 9.65 Å². The lowest BCUT2D eigenvalue weighted by Crippen LogP contribution is -2.37. The maximum Gasteiger partial charge on any atom is 0.164 e. The van der Waals surface area contributed by atoms with E-state index in [0.29, 0.717) is 35.2 Å². The number of benzene rings is 2. The van der Waals surface area contributed by atoms with Crippen molar-refractivity contribution in [3.8, 4) is 17.6 Å². The molecular weight excluding hydrogens is 448 g/mol. The summed E-state index contributed by atoms with van der Waals surface area (Å²) in [7, 11) is 3.04. The van der Waals surface area contributed by atoms with Crippen LogP contribution in [0.15, 0.2) is 30.3 Å². The van der Waals surface area contributed by atoms with Gasteiger partial charge in [0.2, 0.25) is 0 Å². The molecule has 4 unspecified atom stereocenters. The van der Waals surface area contributed by atoms with Crippen LogP contribution < -0.4 is 9.47 Å². The van der Waals surface area contributed by atoms with E-state index in [2.05, 4.69) is 6.07 Å². The summed E-state index contributed by atoms with van der Waals surface area (Å²) < 4.78 is 40.1. The molecule has 4 atom stereocenters. The summed E-state index contributed by atoms with van der Waals surface area (Å²) in [6.45, 7) is 0. The quantitative estimate of drug-likeness (QED) is 0.524. The van der Waals surface area contributed by atoms with Crippen LogP contribution in [0.5, 0.6) is 11.5 Å². The SMILES string of the molecule is COc1cc(F)c2c(c1OC)CCC(C(Cc1cccc(F)c1)C1CSCCS1)C2C#N. The molecule has 2 aromatic carbocycles. The third kappa shape index (κ3) is 4.58. The molecule has 4 rings (SSSR count). The summed E-state index contributed by atoms with van der Waals surface area (Å²) in [6.07, 6.45) is 2.07. The number of rotatable bonds is 6. The van der Waals surface area contributed by atoms with Gasteiger partial charge in [-0.1, -0.05) is 12.1 Å². The van der Waals surface area contributed by atoms with E-state index >= 15 is 4.39 Å². The first-order chi connectivity index (χ1) is 15.6. The maximum atomic E-state index is 15.3. The Balaban J connectivity index is 1.74. The zero-order chi connectivity index (χ0) is 22.7. The fraction of sp³-hybridized carbons (Fsp3) is 0.480. The molecule has 1 saturated heterocycles. The van der Waals surface area contributed by atoms with Crippen molar-refractivity contribution < 1.29 is 18.3 Å².